The van der Waals surface area contributed by atoms with Crippen LogP contribution in [-0.4, -0.2) is 18.9 Å². The van der Waals surface area contributed by atoms with Crippen LogP contribution < -0.4 is 10.1 Å². The molecular formula is C16H15BrN2O. The van der Waals surface area contributed by atoms with Crippen molar-refractivity contribution in [2.24, 2.45) is 4.99 Å². The van der Waals surface area contributed by atoms with Gasteiger partial charge in [-0.25, -0.2) is 0 Å². The number of aliphatic imine (C=N–C) groups is 1. The Balaban J connectivity index is 1.63. The van der Waals surface area contributed by atoms with Gasteiger partial charge in [-0.2, -0.15) is 0 Å². The molecule has 0 aromatic heterocycles. The normalized spacial score (nSPS) is 13.8. The predicted molar refractivity (Wildman–Crippen MR) is 84.3 cm³/mol. The second-order valence-electron chi connectivity index (χ2n) is 4.60. The Labute approximate surface area is 126 Å². The first-order valence-electron chi connectivity index (χ1n) is 6.57. The molecule has 0 saturated carbocycles. The predicted octanol–water partition coefficient (Wildman–Crippen LogP) is 3.38. The van der Waals surface area contributed by atoms with E-state index in [1.165, 1.54) is 0 Å². The summed E-state index contributed by atoms with van der Waals surface area (Å²) in [6.07, 6.45) is 0. The molecule has 0 aliphatic carbocycles. The van der Waals surface area contributed by atoms with Crippen LogP contribution in [0.4, 0.5) is 0 Å². The Morgan fingerprint density at radius 3 is 2.70 bits per heavy atom. The molecule has 2 aromatic rings. The average molecular weight is 331 g/mol. The minimum atomic E-state index is 0.566. The fourth-order valence-corrected chi connectivity index (χ4v) is 2.45. The highest BCUT2D eigenvalue weighted by Gasteiger charge is 2.07. The van der Waals surface area contributed by atoms with E-state index in [-0.39, 0.29) is 0 Å². The quantitative estimate of drug-likeness (QED) is 0.932. The first-order chi connectivity index (χ1) is 9.81. The van der Waals surface area contributed by atoms with E-state index in [0.29, 0.717) is 6.61 Å². The Morgan fingerprint density at radius 2 is 2.00 bits per heavy atom. The summed E-state index contributed by atoms with van der Waals surface area (Å²) in [4.78, 5) is 4.41. The molecule has 20 heavy (non-hydrogen) atoms. The molecule has 3 nitrogen and oxygen atoms in total. The molecule has 0 fully saturated rings. The van der Waals surface area contributed by atoms with Gasteiger partial charge in [-0.3, -0.25) is 4.99 Å². The van der Waals surface area contributed by atoms with E-state index in [4.69, 9.17) is 4.74 Å². The van der Waals surface area contributed by atoms with E-state index >= 15 is 0 Å². The van der Waals surface area contributed by atoms with Gasteiger partial charge in [0.15, 0.2) is 0 Å². The van der Waals surface area contributed by atoms with Crippen LogP contribution in [0.1, 0.15) is 11.1 Å². The maximum Gasteiger partial charge on any atom is 0.128 e. The van der Waals surface area contributed by atoms with E-state index in [9.17, 15) is 0 Å². The van der Waals surface area contributed by atoms with Gasteiger partial charge in [0.2, 0.25) is 0 Å². The number of hydrogen-bond donors (Lipinski definition) is 1. The van der Waals surface area contributed by atoms with Gasteiger partial charge in [0.05, 0.1) is 6.54 Å². The number of amidine groups is 1. The zero-order valence-corrected chi connectivity index (χ0v) is 12.6. The summed E-state index contributed by atoms with van der Waals surface area (Å²) in [6.45, 7) is 2.36. The van der Waals surface area contributed by atoms with Crippen LogP contribution in [0.3, 0.4) is 0 Å². The molecule has 2 aromatic carbocycles. The number of hydrogen-bond acceptors (Lipinski definition) is 3. The van der Waals surface area contributed by atoms with E-state index in [2.05, 4.69) is 50.5 Å². The number of rotatable bonds is 4. The number of halogens is 1. The molecule has 3 rings (SSSR count). The first-order valence-corrected chi connectivity index (χ1v) is 7.36. The van der Waals surface area contributed by atoms with Crippen molar-refractivity contribution in [2.45, 2.75) is 6.61 Å². The molecule has 0 amide bonds. The molecule has 102 valence electrons. The smallest absolute Gasteiger partial charge is 0.128 e. The van der Waals surface area contributed by atoms with Crippen LogP contribution in [0.25, 0.3) is 0 Å². The summed E-state index contributed by atoms with van der Waals surface area (Å²) in [7, 11) is 0. The molecule has 0 bridgehead atoms. The lowest BCUT2D eigenvalue weighted by molar-refractivity contribution is 0.306. The van der Waals surface area contributed by atoms with Gasteiger partial charge in [0, 0.05) is 16.6 Å². The Bertz CT molecular complexity index is 623. The van der Waals surface area contributed by atoms with Crippen LogP contribution in [-0.2, 0) is 6.61 Å². The van der Waals surface area contributed by atoms with Gasteiger partial charge >= 0.3 is 0 Å². The number of nitrogens with zero attached hydrogens (tertiary/aromatic N) is 1. The Kier molecular flexibility index (Phi) is 4.02. The molecule has 0 saturated heterocycles. The molecule has 1 aliphatic rings. The maximum absolute atomic E-state index is 5.76. The maximum atomic E-state index is 5.76. The lowest BCUT2D eigenvalue weighted by Crippen LogP contribution is -2.19. The fraction of sp³-hybridized carbons (Fsp3) is 0.188. The average Bonchev–Trinajstić information content (AvgIpc) is 3.00. The monoisotopic (exact) mass is 330 g/mol. The third-order valence-electron chi connectivity index (χ3n) is 3.10. The van der Waals surface area contributed by atoms with Crippen molar-refractivity contribution in [3.63, 3.8) is 0 Å². The highest BCUT2D eigenvalue weighted by molar-refractivity contribution is 9.10. The largest absolute Gasteiger partial charge is 0.489 e. The van der Waals surface area contributed by atoms with Crippen molar-refractivity contribution in [1.82, 2.24) is 5.32 Å². The summed E-state index contributed by atoms with van der Waals surface area (Å²) < 4.78 is 6.79. The van der Waals surface area contributed by atoms with Gasteiger partial charge in [0.25, 0.3) is 0 Å². The topological polar surface area (TPSA) is 33.6 Å². The SMILES string of the molecule is Brc1cccc(OCc2ccc(C3=NCCN3)cc2)c1. The van der Waals surface area contributed by atoms with Gasteiger partial charge in [-0.05, 0) is 23.8 Å². The van der Waals surface area contributed by atoms with E-state index < -0.39 is 0 Å². The van der Waals surface area contributed by atoms with Gasteiger partial charge in [0.1, 0.15) is 18.2 Å². The molecule has 4 heteroatoms. The molecule has 1 aliphatic heterocycles. The molecule has 0 atom stereocenters. The van der Waals surface area contributed by atoms with E-state index in [0.717, 1.165) is 40.3 Å². The molecule has 0 unspecified atom stereocenters. The lowest BCUT2D eigenvalue weighted by atomic mass is 10.1. The van der Waals surface area contributed by atoms with E-state index in [1.807, 2.05) is 24.3 Å². The van der Waals surface area contributed by atoms with Gasteiger partial charge < -0.3 is 10.1 Å². The molecule has 1 heterocycles. The Morgan fingerprint density at radius 1 is 1.15 bits per heavy atom. The minimum Gasteiger partial charge on any atom is -0.489 e. The van der Waals surface area contributed by atoms with Crippen molar-refractivity contribution >= 4 is 21.8 Å². The van der Waals surface area contributed by atoms with Crippen LogP contribution >= 0.6 is 15.9 Å². The second-order valence-corrected chi connectivity index (χ2v) is 5.52. The van der Waals surface area contributed by atoms with Crippen molar-refractivity contribution in [1.29, 1.82) is 0 Å². The summed E-state index contributed by atoms with van der Waals surface area (Å²) in [5.41, 5.74) is 2.28. The van der Waals surface area contributed by atoms with Crippen LogP contribution in [0, 0.1) is 0 Å². The van der Waals surface area contributed by atoms with Gasteiger partial charge in [-0.1, -0.05) is 46.3 Å². The zero-order valence-electron chi connectivity index (χ0n) is 11.0. The van der Waals surface area contributed by atoms with Crippen LogP contribution in [0.5, 0.6) is 5.75 Å². The first kappa shape index (κ1) is 13.2. The minimum absolute atomic E-state index is 0.566. The number of benzene rings is 2. The molecule has 1 N–H and O–H groups in total. The third-order valence-corrected chi connectivity index (χ3v) is 3.60. The van der Waals surface area contributed by atoms with Crippen molar-refractivity contribution in [3.8, 4) is 5.75 Å². The summed E-state index contributed by atoms with van der Waals surface area (Å²) in [6, 6.07) is 16.2. The highest BCUT2D eigenvalue weighted by atomic mass is 79.9. The van der Waals surface area contributed by atoms with E-state index in [1.54, 1.807) is 0 Å². The van der Waals surface area contributed by atoms with Crippen LogP contribution in [0.2, 0.25) is 0 Å². The van der Waals surface area contributed by atoms with Crippen molar-refractivity contribution in [2.75, 3.05) is 13.1 Å². The number of ether oxygens (including phenoxy) is 1. The zero-order chi connectivity index (χ0) is 13.8. The fourth-order valence-electron chi connectivity index (χ4n) is 2.07. The van der Waals surface area contributed by atoms with Crippen LogP contribution in [0.15, 0.2) is 58.0 Å². The Hall–Kier alpha value is -1.81. The standard InChI is InChI=1S/C16H15BrN2O/c17-14-2-1-3-15(10-14)20-11-12-4-6-13(7-5-12)16-18-8-9-19-16/h1-7,10H,8-9,11H2,(H,18,19). The summed E-state index contributed by atoms with van der Waals surface area (Å²) in [5.74, 6) is 1.86. The number of nitrogens with one attached hydrogen (secondary N) is 1. The van der Waals surface area contributed by atoms with Gasteiger partial charge in [-0.15, -0.1) is 0 Å². The second kappa shape index (κ2) is 6.09. The third kappa shape index (κ3) is 3.20. The molecule has 0 radical (unpaired) electrons. The lowest BCUT2D eigenvalue weighted by Gasteiger charge is -2.08. The summed E-state index contributed by atoms with van der Waals surface area (Å²) >= 11 is 3.44. The highest BCUT2D eigenvalue weighted by Crippen LogP contribution is 2.19. The van der Waals surface area contributed by atoms with Crippen molar-refractivity contribution < 1.29 is 4.74 Å². The molecule has 0 spiro atoms. The molecular weight excluding hydrogens is 316 g/mol. The van der Waals surface area contributed by atoms with Crippen molar-refractivity contribution in [3.05, 3.63) is 64.1 Å². The summed E-state index contributed by atoms with van der Waals surface area (Å²) in [5, 5.41) is 3.27.